The second kappa shape index (κ2) is 24.3. The average molecular weight is 851 g/mol. The molecule has 0 radical (unpaired) electrons. The number of rotatable bonds is 25. The van der Waals surface area contributed by atoms with Crippen molar-refractivity contribution >= 4 is 38.2 Å². The molecule has 0 aliphatic heterocycles. The van der Waals surface area contributed by atoms with Crippen LogP contribution in [0, 0.1) is 0 Å². The third kappa shape index (κ3) is 18.3. The van der Waals surface area contributed by atoms with Crippen LogP contribution in [0.5, 0.6) is 0 Å². The molecule has 0 aliphatic rings. The molecule has 19 heteroatoms. The molecule has 0 heterocycles. The first-order chi connectivity index (χ1) is 27.6. The van der Waals surface area contributed by atoms with Crippen molar-refractivity contribution in [3.05, 3.63) is 84.4 Å². The van der Waals surface area contributed by atoms with Crippen LogP contribution in [-0.4, -0.2) is 113 Å². The van der Waals surface area contributed by atoms with Crippen molar-refractivity contribution in [2.75, 3.05) is 66.4 Å². The Bertz CT molecular complexity index is 1920. The fourth-order valence-corrected chi connectivity index (χ4v) is 7.13. The third-order valence-corrected chi connectivity index (χ3v) is 10.7. The molecule has 0 fully saturated rings. The number of ether oxygens (including phenoxy) is 6. The molecular weight excluding hydrogens is 797 g/mol. The monoisotopic (exact) mass is 850 g/mol. The van der Waals surface area contributed by atoms with Crippen molar-refractivity contribution in [1.29, 1.82) is 0 Å². The Morgan fingerprint density at radius 2 is 1.16 bits per heavy atom. The summed E-state index contributed by atoms with van der Waals surface area (Å²) in [5, 5.41) is 5.03. The van der Waals surface area contributed by atoms with E-state index in [4.69, 9.17) is 28.4 Å². The standard InChI is InChI=1S/C39H54N4O13S2/c1-39(2,3)56-38(46)41-28-35(36(44)51-4)43-58(49,50)34-18-14-32(15-19-34)31-12-16-33(17-13-31)57(47,48)42-21-9-23-53-25-27-54-26-24-52-22-8-20-40-37(45)55-29-30-10-6-5-7-11-30/h5-7,10-19,35,42-43H,8-9,20-29H2,1-4H3,(H,40,45)(H,41,46). The lowest BCUT2D eigenvalue weighted by Gasteiger charge is -2.21. The van der Waals surface area contributed by atoms with Gasteiger partial charge in [0.15, 0.2) is 0 Å². The average Bonchev–Trinajstić information content (AvgIpc) is 3.19. The van der Waals surface area contributed by atoms with Gasteiger partial charge in [-0.05, 0) is 74.6 Å². The van der Waals surface area contributed by atoms with Crippen molar-refractivity contribution in [3.63, 3.8) is 0 Å². The zero-order valence-corrected chi connectivity index (χ0v) is 34.8. The summed E-state index contributed by atoms with van der Waals surface area (Å²) in [6.07, 6.45) is -0.233. The highest BCUT2D eigenvalue weighted by atomic mass is 32.2. The first-order valence-electron chi connectivity index (χ1n) is 18.5. The maximum Gasteiger partial charge on any atom is 0.407 e. The quantitative estimate of drug-likeness (QED) is 0.0543. The summed E-state index contributed by atoms with van der Waals surface area (Å²) in [4.78, 5) is 35.9. The van der Waals surface area contributed by atoms with Gasteiger partial charge in [0.25, 0.3) is 0 Å². The number of hydrogen-bond donors (Lipinski definition) is 4. The molecule has 3 aromatic rings. The minimum absolute atomic E-state index is 0.0580. The number of amides is 2. The summed E-state index contributed by atoms with van der Waals surface area (Å²) in [5.74, 6) is -0.908. The summed E-state index contributed by atoms with van der Waals surface area (Å²) in [6.45, 7) is 7.64. The molecule has 3 rings (SSSR count). The topological polar surface area (TPSA) is 223 Å². The maximum atomic E-state index is 13.1. The Labute approximate surface area is 340 Å². The van der Waals surface area contributed by atoms with Gasteiger partial charge < -0.3 is 39.1 Å². The number of methoxy groups -OCH3 is 1. The highest BCUT2D eigenvalue weighted by Gasteiger charge is 2.28. The molecular formula is C39H54N4O13S2. The van der Waals surface area contributed by atoms with E-state index in [0.717, 1.165) is 12.7 Å². The van der Waals surface area contributed by atoms with E-state index in [1.54, 1.807) is 45.0 Å². The van der Waals surface area contributed by atoms with Crippen LogP contribution in [-0.2, 0) is 59.9 Å². The Hall–Kier alpha value is -4.63. The molecule has 0 aliphatic carbocycles. The number of sulfonamides is 2. The van der Waals surface area contributed by atoms with Gasteiger partial charge in [-0.2, -0.15) is 4.72 Å². The summed E-state index contributed by atoms with van der Waals surface area (Å²) in [5.41, 5.74) is 1.37. The van der Waals surface area contributed by atoms with Crippen LogP contribution in [0.1, 0.15) is 39.2 Å². The normalized spacial score (nSPS) is 12.3. The fraction of sp³-hybridized carbons (Fsp3) is 0.462. The van der Waals surface area contributed by atoms with E-state index in [0.29, 0.717) is 70.2 Å². The molecule has 0 saturated heterocycles. The van der Waals surface area contributed by atoms with Crippen molar-refractivity contribution in [1.82, 2.24) is 20.1 Å². The number of carbonyl (C=O) groups excluding carboxylic acids is 3. The summed E-state index contributed by atoms with van der Waals surface area (Å²) >= 11 is 0. The van der Waals surface area contributed by atoms with Gasteiger partial charge in [0, 0.05) is 32.8 Å². The number of alkyl carbamates (subject to hydrolysis) is 2. The highest BCUT2D eigenvalue weighted by molar-refractivity contribution is 7.89. The zero-order valence-electron chi connectivity index (χ0n) is 33.2. The Morgan fingerprint density at radius 3 is 1.69 bits per heavy atom. The van der Waals surface area contributed by atoms with Gasteiger partial charge >= 0.3 is 18.2 Å². The van der Waals surface area contributed by atoms with E-state index >= 15 is 0 Å². The zero-order chi connectivity index (χ0) is 42.4. The van der Waals surface area contributed by atoms with Crippen LogP contribution in [0.4, 0.5) is 9.59 Å². The summed E-state index contributed by atoms with van der Waals surface area (Å²) < 4.78 is 88.0. The second-order valence-corrected chi connectivity index (χ2v) is 17.0. The Balaban J connectivity index is 1.28. The molecule has 0 aromatic heterocycles. The van der Waals surface area contributed by atoms with Crippen LogP contribution in [0.2, 0.25) is 0 Å². The van der Waals surface area contributed by atoms with E-state index in [1.165, 1.54) is 24.3 Å². The van der Waals surface area contributed by atoms with Crippen molar-refractivity contribution in [3.8, 4) is 11.1 Å². The fourth-order valence-electron chi connectivity index (χ4n) is 4.87. The smallest absolute Gasteiger partial charge is 0.407 e. The number of hydrogen-bond acceptors (Lipinski definition) is 13. The maximum absolute atomic E-state index is 13.1. The Morgan fingerprint density at radius 1 is 0.638 bits per heavy atom. The number of carbonyl (C=O) groups is 3. The highest BCUT2D eigenvalue weighted by Crippen LogP contribution is 2.23. The number of esters is 1. The molecule has 1 atom stereocenters. The lowest BCUT2D eigenvalue weighted by molar-refractivity contribution is -0.142. The minimum Gasteiger partial charge on any atom is -0.468 e. The van der Waals surface area contributed by atoms with E-state index in [9.17, 15) is 31.2 Å². The molecule has 2 amide bonds. The molecule has 58 heavy (non-hydrogen) atoms. The van der Waals surface area contributed by atoms with Crippen molar-refractivity contribution < 1.29 is 59.6 Å². The van der Waals surface area contributed by atoms with Gasteiger partial charge in [-0.15, -0.1) is 0 Å². The Kier molecular flexibility index (Phi) is 20.0. The lowest BCUT2D eigenvalue weighted by atomic mass is 10.1. The lowest BCUT2D eigenvalue weighted by Crippen LogP contribution is -2.49. The first-order valence-corrected chi connectivity index (χ1v) is 21.5. The van der Waals surface area contributed by atoms with Crippen LogP contribution in [0.15, 0.2) is 88.7 Å². The van der Waals surface area contributed by atoms with Crippen LogP contribution in [0.3, 0.4) is 0 Å². The molecule has 1 unspecified atom stereocenters. The van der Waals surface area contributed by atoms with E-state index in [2.05, 4.69) is 20.1 Å². The third-order valence-electron chi connectivity index (χ3n) is 7.74. The summed E-state index contributed by atoms with van der Waals surface area (Å²) in [7, 11) is -6.92. The van der Waals surface area contributed by atoms with Gasteiger partial charge in [-0.1, -0.05) is 54.6 Å². The van der Waals surface area contributed by atoms with E-state index in [-0.39, 0.29) is 22.9 Å². The minimum atomic E-state index is -4.22. The van der Waals surface area contributed by atoms with Gasteiger partial charge in [-0.3, -0.25) is 4.79 Å². The molecule has 3 aromatic carbocycles. The first kappa shape index (κ1) is 47.7. The van der Waals surface area contributed by atoms with E-state index < -0.39 is 56.4 Å². The van der Waals surface area contributed by atoms with Crippen LogP contribution in [0.25, 0.3) is 11.1 Å². The van der Waals surface area contributed by atoms with Crippen molar-refractivity contribution in [2.24, 2.45) is 0 Å². The molecule has 0 saturated carbocycles. The predicted octanol–water partition coefficient (Wildman–Crippen LogP) is 3.73. The van der Waals surface area contributed by atoms with Gasteiger partial charge in [0.2, 0.25) is 20.0 Å². The molecule has 0 bridgehead atoms. The molecule has 4 N–H and O–H groups in total. The second-order valence-electron chi connectivity index (χ2n) is 13.6. The van der Waals surface area contributed by atoms with Gasteiger partial charge in [0.1, 0.15) is 18.2 Å². The number of benzene rings is 3. The van der Waals surface area contributed by atoms with Crippen LogP contribution >= 0.6 is 0 Å². The number of nitrogens with one attached hydrogen (secondary N) is 4. The summed E-state index contributed by atoms with van der Waals surface area (Å²) in [6, 6.07) is 19.8. The predicted molar refractivity (Wildman–Crippen MR) is 214 cm³/mol. The van der Waals surface area contributed by atoms with E-state index in [1.807, 2.05) is 30.3 Å². The van der Waals surface area contributed by atoms with Crippen molar-refractivity contribution in [2.45, 2.75) is 61.7 Å². The molecule has 0 spiro atoms. The van der Waals surface area contributed by atoms with Gasteiger partial charge in [0.05, 0.1) is 43.3 Å². The van der Waals surface area contributed by atoms with Crippen LogP contribution < -0.4 is 20.1 Å². The largest absolute Gasteiger partial charge is 0.468 e. The SMILES string of the molecule is COC(=O)C(CNC(=O)OC(C)(C)C)NS(=O)(=O)c1ccc(-c2ccc(S(=O)(=O)NCCCOCCOCCOCCCNC(=O)OCc3ccccc3)cc2)cc1. The molecule has 320 valence electrons. The van der Waals surface area contributed by atoms with Gasteiger partial charge in [-0.25, -0.2) is 31.1 Å². The molecule has 17 nitrogen and oxygen atoms in total.